The molecule has 3 rings (SSSR count). The number of aryl methyl sites for hydroxylation is 1. The molecule has 2 heterocycles. The van der Waals surface area contributed by atoms with Gasteiger partial charge in [0.2, 0.25) is 0 Å². The number of carbonyl (C=O) groups is 1. The van der Waals surface area contributed by atoms with Gasteiger partial charge in [0, 0.05) is 19.3 Å². The van der Waals surface area contributed by atoms with Crippen molar-refractivity contribution in [3.8, 4) is 0 Å². The number of pyridine rings is 1. The summed E-state index contributed by atoms with van der Waals surface area (Å²) in [6.45, 7) is 1.37. The fourth-order valence-corrected chi connectivity index (χ4v) is 3.27. The molecule has 126 valence electrons. The normalized spacial score (nSPS) is 17.7. The highest BCUT2D eigenvalue weighted by molar-refractivity contribution is 5.93. The van der Waals surface area contributed by atoms with Gasteiger partial charge in [-0.05, 0) is 61.4 Å². The van der Waals surface area contributed by atoms with E-state index < -0.39 is 0 Å². The van der Waals surface area contributed by atoms with E-state index in [1.165, 1.54) is 18.3 Å². The minimum Gasteiger partial charge on any atom is -0.338 e. The number of nitrogens with zero attached hydrogens (tertiary/aromatic N) is 1. The first kappa shape index (κ1) is 16.4. The molecule has 1 aliphatic rings. The third-order valence-corrected chi connectivity index (χ3v) is 4.61. The van der Waals surface area contributed by atoms with Gasteiger partial charge in [-0.2, -0.15) is 0 Å². The number of H-pyrrole nitrogens is 1. The summed E-state index contributed by atoms with van der Waals surface area (Å²) in [7, 11) is 0. The van der Waals surface area contributed by atoms with Crippen LogP contribution in [-0.2, 0) is 6.42 Å². The van der Waals surface area contributed by atoms with E-state index in [1.807, 2.05) is 12.1 Å². The number of nitrogens with one attached hydrogen (secondary N) is 1. The Balaban J connectivity index is 1.60. The molecule has 1 aromatic heterocycles. The van der Waals surface area contributed by atoms with Crippen LogP contribution in [0.15, 0.2) is 47.4 Å². The summed E-state index contributed by atoms with van der Waals surface area (Å²) in [5.74, 6) is 0.000139. The smallest absolute Gasteiger partial charge is 0.260 e. The van der Waals surface area contributed by atoms with Crippen molar-refractivity contribution >= 4 is 5.91 Å². The van der Waals surface area contributed by atoms with Crippen LogP contribution in [0.3, 0.4) is 0 Å². The molecule has 5 heteroatoms. The Morgan fingerprint density at radius 3 is 2.79 bits per heavy atom. The minimum atomic E-state index is -0.337. The number of aromatic amines is 1. The van der Waals surface area contributed by atoms with E-state index in [4.69, 9.17) is 0 Å². The maximum Gasteiger partial charge on any atom is 0.260 e. The van der Waals surface area contributed by atoms with Crippen LogP contribution in [-0.4, -0.2) is 28.9 Å². The van der Waals surface area contributed by atoms with Crippen molar-refractivity contribution in [1.82, 2.24) is 9.88 Å². The molecule has 1 fully saturated rings. The molecule has 1 aliphatic heterocycles. The molecule has 0 bridgehead atoms. The number of hydrogen-bond acceptors (Lipinski definition) is 2. The lowest BCUT2D eigenvalue weighted by Gasteiger charge is -2.32. The standard InChI is InChI=1S/C19H21FN2O2/c20-16-9-7-14(8-10-16)5-6-15-3-2-12-22(13-15)19(24)17-4-1-11-21-18(17)23/h1,4,7-11,15H,2-3,5-6,12-13H2,(H,21,23). The summed E-state index contributed by atoms with van der Waals surface area (Å²) in [5.41, 5.74) is 0.979. The molecular weight excluding hydrogens is 307 g/mol. The quantitative estimate of drug-likeness (QED) is 0.938. The molecule has 0 saturated carbocycles. The van der Waals surface area contributed by atoms with E-state index in [9.17, 15) is 14.0 Å². The third-order valence-electron chi connectivity index (χ3n) is 4.61. The van der Waals surface area contributed by atoms with Gasteiger partial charge in [-0.3, -0.25) is 9.59 Å². The fourth-order valence-electron chi connectivity index (χ4n) is 3.27. The van der Waals surface area contributed by atoms with Gasteiger partial charge < -0.3 is 9.88 Å². The van der Waals surface area contributed by atoms with E-state index in [2.05, 4.69) is 4.98 Å². The first-order valence-electron chi connectivity index (χ1n) is 8.35. The van der Waals surface area contributed by atoms with Gasteiger partial charge in [0.15, 0.2) is 0 Å². The highest BCUT2D eigenvalue weighted by Crippen LogP contribution is 2.22. The van der Waals surface area contributed by atoms with Gasteiger partial charge >= 0.3 is 0 Å². The number of amides is 1. The number of halogens is 1. The van der Waals surface area contributed by atoms with E-state index in [-0.39, 0.29) is 22.8 Å². The number of carbonyl (C=O) groups excluding carboxylic acids is 1. The van der Waals surface area contributed by atoms with Crippen LogP contribution in [0.2, 0.25) is 0 Å². The highest BCUT2D eigenvalue weighted by Gasteiger charge is 2.25. The Morgan fingerprint density at radius 1 is 1.25 bits per heavy atom. The zero-order chi connectivity index (χ0) is 16.9. The molecule has 1 N–H and O–H groups in total. The molecule has 1 unspecified atom stereocenters. The molecule has 0 radical (unpaired) electrons. The van der Waals surface area contributed by atoms with Crippen molar-refractivity contribution in [2.45, 2.75) is 25.7 Å². The number of aromatic nitrogens is 1. The SMILES string of the molecule is O=C(c1ccc[nH]c1=O)N1CCCC(CCc2ccc(F)cc2)C1. The van der Waals surface area contributed by atoms with Crippen molar-refractivity contribution in [3.05, 3.63) is 69.9 Å². The molecule has 1 amide bonds. The van der Waals surface area contributed by atoms with Crippen molar-refractivity contribution < 1.29 is 9.18 Å². The maximum absolute atomic E-state index is 12.9. The van der Waals surface area contributed by atoms with Crippen LogP contribution >= 0.6 is 0 Å². The molecule has 1 atom stereocenters. The number of benzene rings is 1. The Bertz CT molecular complexity index is 754. The number of hydrogen-bond donors (Lipinski definition) is 1. The van der Waals surface area contributed by atoms with Crippen molar-refractivity contribution in [1.29, 1.82) is 0 Å². The monoisotopic (exact) mass is 328 g/mol. The van der Waals surface area contributed by atoms with Crippen molar-refractivity contribution in [3.63, 3.8) is 0 Å². The predicted octanol–water partition coefficient (Wildman–Crippen LogP) is 3.00. The van der Waals surface area contributed by atoms with Crippen LogP contribution in [0.25, 0.3) is 0 Å². The molecule has 0 aliphatic carbocycles. The average molecular weight is 328 g/mol. The molecule has 1 saturated heterocycles. The summed E-state index contributed by atoms with van der Waals surface area (Å²) in [5, 5.41) is 0. The Kier molecular flexibility index (Phi) is 5.08. The Hall–Kier alpha value is -2.43. The lowest BCUT2D eigenvalue weighted by atomic mass is 9.91. The van der Waals surface area contributed by atoms with E-state index in [1.54, 1.807) is 17.0 Å². The van der Waals surface area contributed by atoms with Gasteiger partial charge in [-0.1, -0.05) is 12.1 Å². The van der Waals surface area contributed by atoms with E-state index >= 15 is 0 Å². The van der Waals surface area contributed by atoms with Gasteiger partial charge in [-0.15, -0.1) is 0 Å². The second-order valence-corrected chi connectivity index (χ2v) is 6.34. The first-order valence-corrected chi connectivity index (χ1v) is 8.35. The summed E-state index contributed by atoms with van der Waals surface area (Å²) in [6, 6.07) is 9.82. The molecule has 2 aromatic rings. The summed E-state index contributed by atoms with van der Waals surface area (Å²) >= 11 is 0. The number of likely N-dealkylation sites (tertiary alicyclic amines) is 1. The van der Waals surface area contributed by atoms with Crippen LogP contribution in [0.4, 0.5) is 4.39 Å². The fraction of sp³-hybridized carbons (Fsp3) is 0.368. The third kappa shape index (κ3) is 3.91. The average Bonchev–Trinajstić information content (AvgIpc) is 2.61. The Labute approximate surface area is 140 Å². The van der Waals surface area contributed by atoms with Crippen LogP contribution < -0.4 is 5.56 Å². The van der Waals surface area contributed by atoms with Crippen LogP contribution in [0.5, 0.6) is 0 Å². The van der Waals surface area contributed by atoms with Crippen molar-refractivity contribution in [2.24, 2.45) is 5.92 Å². The molecule has 24 heavy (non-hydrogen) atoms. The summed E-state index contributed by atoms with van der Waals surface area (Å²) in [4.78, 5) is 28.7. The predicted molar refractivity (Wildman–Crippen MR) is 90.4 cm³/mol. The lowest BCUT2D eigenvalue weighted by Crippen LogP contribution is -2.41. The highest BCUT2D eigenvalue weighted by atomic mass is 19.1. The van der Waals surface area contributed by atoms with Crippen molar-refractivity contribution in [2.75, 3.05) is 13.1 Å². The second kappa shape index (κ2) is 7.43. The molecule has 0 spiro atoms. The zero-order valence-corrected chi connectivity index (χ0v) is 13.5. The van der Waals surface area contributed by atoms with Crippen LogP contribution in [0, 0.1) is 11.7 Å². The van der Waals surface area contributed by atoms with E-state index in [0.29, 0.717) is 19.0 Å². The first-order chi connectivity index (χ1) is 11.6. The molecular formula is C19H21FN2O2. The summed E-state index contributed by atoms with van der Waals surface area (Å²) < 4.78 is 12.9. The number of piperidine rings is 1. The van der Waals surface area contributed by atoms with Gasteiger partial charge in [0.25, 0.3) is 11.5 Å². The lowest BCUT2D eigenvalue weighted by molar-refractivity contribution is 0.0666. The molecule has 4 nitrogen and oxygen atoms in total. The number of rotatable bonds is 4. The van der Waals surface area contributed by atoms with Gasteiger partial charge in [0.1, 0.15) is 11.4 Å². The topological polar surface area (TPSA) is 53.2 Å². The van der Waals surface area contributed by atoms with Crippen LogP contribution in [0.1, 0.15) is 35.2 Å². The summed E-state index contributed by atoms with van der Waals surface area (Å²) in [6.07, 6.45) is 5.39. The Morgan fingerprint density at radius 2 is 2.04 bits per heavy atom. The zero-order valence-electron chi connectivity index (χ0n) is 13.5. The van der Waals surface area contributed by atoms with E-state index in [0.717, 1.165) is 31.2 Å². The van der Waals surface area contributed by atoms with Gasteiger partial charge in [-0.25, -0.2) is 4.39 Å². The van der Waals surface area contributed by atoms with Gasteiger partial charge in [0.05, 0.1) is 0 Å². The maximum atomic E-state index is 12.9. The largest absolute Gasteiger partial charge is 0.338 e. The second-order valence-electron chi connectivity index (χ2n) is 6.34. The molecule has 1 aromatic carbocycles. The minimum absolute atomic E-state index is 0.191.